The van der Waals surface area contributed by atoms with Crippen molar-refractivity contribution in [1.29, 1.82) is 0 Å². The van der Waals surface area contributed by atoms with Crippen LogP contribution in [0, 0.1) is 0 Å². The summed E-state index contributed by atoms with van der Waals surface area (Å²) in [6.45, 7) is 2.80. The van der Waals surface area contributed by atoms with Crippen LogP contribution >= 0.6 is 31.9 Å². The Bertz CT molecular complexity index is 1490. The molecule has 0 atom stereocenters. The van der Waals surface area contributed by atoms with Crippen LogP contribution in [0.3, 0.4) is 0 Å². The summed E-state index contributed by atoms with van der Waals surface area (Å²) < 4.78 is 20.9. The normalized spacial score (nSPS) is 12.5. The fraction of sp³-hybridized carbons (Fsp3) is 0.550. The van der Waals surface area contributed by atoms with E-state index in [9.17, 15) is 28.8 Å². The summed E-state index contributed by atoms with van der Waals surface area (Å²) in [6, 6.07) is 12.3. The Morgan fingerprint density at radius 1 is 0.564 bits per heavy atom. The van der Waals surface area contributed by atoms with Crippen molar-refractivity contribution < 1.29 is 47.7 Å². The number of ether oxygens (including phenoxy) is 4. The van der Waals surface area contributed by atoms with E-state index in [1.54, 1.807) is 0 Å². The van der Waals surface area contributed by atoms with Gasteiger partial charge in [-0.2, -0.15) is 0 Å². The average molecular weight is 896 g/mol. The van der Waals surface area contributed by atoms with Gasteiger partial charge in [0.2, 0.25) is 5.91 Å². The summed E-state index contributed by atoms with van der Waals surface area (Å²) in [4.78, 5) is 78.0. The maximum atomic E-state index is 13.6. The number of nitrogens with zero attached hydrogens (tertiary/aromatic N) is 2. The highest BCUT2D eigenvalue weighted by atomic mass is 79.9. The maximum Gasteiger partial charge on any atom is 0.306 e. The molecule has 13 nitrogen and oxygen atoms in total. The number of carbonyl (C=O) groups excluding carboxylic acids is 6. The molecule has 0 saturated heterocycles. The number of hydrogen-bond donors (Lipinski definition) is 1. The van der Waals surface area contributed by atoms with Crippen LogP contribution in [0.2, 0.25) is 0 Å². The molecule has 1 aliphatic rings. The third-order valence-electron chi connectivity index (χ3n) is 10.0. The lowest BCUT2D eigenvalue weighted by Crippen LogP contribution is -2.38. The summed E-state index contributed by atoms with van der Waals surface area (Å²) in [5, 5.41) is 3.01. The smallest absolute Gasteiger partial charge is 0.306 e. The van der Waals surface area contributed by atoms with E-state index >= 15 is 0 Å². The van der Waals surface area contributed by atoms with Crippen LogP contribution in [-0.2, 0) is 53.1 Å². The van der Waals surface area contributed by atoms with Crippen LogP contribution in [-0.4, -0.2) is 120 Å². The molecule has 0 aromatic heterocycles. The first-order chi connectivity index (χ1) is 26.3. The highest BCUT2D eigenvalue weighted by molar-refractivity contribution is 9.10. The number of hydrogen-bond acceptors (Lipinski definition) is 12. The van der Waals surface area contributed by atoms with Gasteiger partial charge < -0.3 is 34.1 Å². The minimum Gasteiger partial charge on any atom is -0.469 e. The van der Waals surface area contributed by atoms with E-state index < -0.39 is 5.41 Å². The molecule has 0 radical (unpaired) electrons. The molecule has 3 rings (SSSR count). The SMILES string of the molecule is COC(=O)CCN(CCCC(=O)CCC1(CCC(=O)NCCN(CCC(=O)OC)CCC(=O)OC)c2cc(Br)ccc2-c2ccc(Br)cc21)CCC(=O)OC. The van der Waals surface area contributed by atoms with Crippen molar-refractivity contribution in [3.8, 4) is 11.1 Å². The number of esters is 4. The average Bonchev–Trinajstić information content (AvgIpc) is 3.44. The molecule has 15 heteroatoms. The van der Waals surface area contributed by atoms with Crippen molar-refractivity contribution in [2.45, 2.75) is 69.6 Å². The minimum atomic E-state index is -0.620. The van der Waals surface area contributed by atoms with E-state index in [-0.39, 0.29) is 67.7 Å². The molecule has 1 amide bonds. The number of Topliss-reactive ketones (excluding diaryl/α,β-unsaturated/α-hetero) is 1. The van der Waals surface area contributed by atoms with Crippen LogP contribution in [0.1, 0.15) is 75.3 Å². The summed E-state index contributed by atoms with van der Waals surface area (Å²) >= 11 is 7.31. The first kappa shape index (κ1) is 45.7. The van der Waals surface area contributed by atoms with E-state index in [2.05, 4.69) is 61.4 Å². The molecule has 0 aliphatic heterocycles. The van der Waals surface area contributed by atoms with Crippen LogP contribution in [0.25, 0.3) is 11.1 Å². The topological polar surface area (TPSA) is 158 Å². The van der Waals surface area contributed by atoms with Gasteiger partial charge in [0, 0.05) is 72.9 Å². The van der Waals surface area contributed by atoms with E-state index in [1.807, 2.05) is 21.9 Å². The molecule has 0 heterocycles. The van der Waals surface area contributed by atoms with Gasteiger partial charge in [0.1, 0.15) is 5.78 Å². The largest absolute Gasteiger partial charge is 0.469 e. The van der Waals surface area contributed by atoms with Gasteiger partial charge in [-0.1, -0.05) is 44.0 Å². The number of ketones is 1. The van der Waals surface area contributed by atoms with Crippen molar-refractivity contribution in [2.75, 3.05) is 74.3 Å². The van der Waals surface area contributed by atoms with Crippen molar-refractivity contribution in [3.63, 3.8) is 0 Å². The van der Waals surface area contributed by atoms with Gasteiger partial charge in [0.25, 0.3) is 0 Å². The van der Waals surface area contributed by atoms with Gasteiger partial charge in [0.15, 0.2) is 0 Å². The Labute approximate surface area is 340 Å². The van der Waals surface area contributed by atoms with E-state index in [0.717, 1.165) is 31.2 Å². The summed E-state index contributed by atoms with van der Waals surface area (Å²) in [5.41, 5.74) is 3.63. The van der Waals surface area contributed by atoms with E-state index in [1.165, 1.54) is 28.4 Å². The van der Waals surface area contributed by atoms with E-state index in [4.69, 9.17) is 18.9 Å². The third kappa shape index (κ3) is 14.4. The van der Waals surface area contributed by atoms with Crippen LogP contribution in [0.4, 0.5) is 0 Å². The van der Waals surface area contributed by atoms with Gasteiger partial charge in [0.05, 0.1) is 54.1 Å². The number of halogens is 2. The predicted octanol–water partition coefficient (Wildman–Crippen LogP) is 5.36. The van der Waals surface area contributed by atoms with Gasteiger partial charge in [-0.05, 0) is 72.3 Å². The second kappa shape index (κ2) is 23.4. The number of nitrogens with one attached hydrogen (secondary N) is 1. The van der Waals surface area contributed by atoms with Gasteiger partial charge >= 0.3 is 23.9 Å². The van der Waals surface area contributed by atoms with Crippen LogP contribution in [0.5, 0.6) is 0 Å². The Kier molecular flexibility index (Phi) is 19.5. The molecule has 2 aromatic rings. The van der Waals surface area contributed by atoms with Crippen molar-refractivity contribution >= 4 is 67.4 Å². The van der Waals surface area contributed by atoms with E-state index in [0.29, 0.717) is 77.9 Å². The summed E-state index contributed by atoms with van der Waals surface area (Å²) in [7, 11) is 5.31. The molecule has 55 heavy (non-hydrogen) atoms. The van der Waals surface area contributed by atoms with Gasteiger partial charge in [-0.15, -0.1) is 0 Å². The molecule has 302 valence electrons. The Morgan fingerprint density at radius 3 is 1.42 bits per heavy atom. The third-order valence-corrected chi connectivity index (χ3v) is 11.0. The second-order valence-electron chi connectivity index (χ2n) is 13.4. The molecule has 0 fully saturated rings. The lowest BCUT2D eigenvalue weighted by Gasteiger charge is -2.32. The molecule has 0 spiro atoms. The number of methoxy groups -OCH3 is 4. The second-order valence-corrected chi connectivity index (χ2v) is 15.3. The van der Waals surface area contributed by atoms with Gasteiger partial charge in [-0.3, -0.25) is 28.8 Å². The number of carbonyl (C=O) groups is 6. The maximum absolute atomic E-state index is 13.6. The Morgan fingerprint density at radius 2 is 0.982 bits per heavy atom. The molecule has 0 unspecified atom stereocenters. The van der Waals surface area contributed by atoms with Crippen molar-refractivity contribution in [2.24, 2.45) is 0 Å². The monoisotopic (exact) mass is 893 g/mol. The zero-order chi connectivity index (χ0) is 40.4. The van der Waals surface area contributed by atoms with Crippen molar-refractivity contribution in [3.05, 3.63) is 56.5 Å². The molecule has 1 N–H and O–H groups in total. The number of rotatable bonds is 25. The molecule has 0 bridgehead atoms. The minimum absolute atomic E-state index is 0.0868. The van der Waals surface area contributed by atoms with Crippen LogP contribution < -0.4 is 5.32 Å². The standard InChI is InChI=1S/C40H53Br2N3O10/c1-52-36(48)13-21-44(22-14-37(49)53-2)20-5-6-30(46)11-17-40(33-26-28(41)7-9-31(33)32-10-8-29(42)27-34(32)40)18-12-35(47)43-19-25-45(23-15-38(50)54-3)24-16-39(51)55-4/h7-10,26-27H,5-6,11-25H2,1-4H3,(H,43,47). The highest BCUT2D eigenvalue weighted by Gasteiger charge is 2.43. The summed E-state index contributed by atoms with van der Waals surface area (Å²) in [5.74, 6) is -1.48. The Hall–Kier alpha value is -3.66. The number of amides is 1. The molecular formula is C40H53Br2N3O10. The number of benzene rings is 2. The molecule has 1 aliphatic carbocycles. The van der Waals surface area contributed by atoms with Gasteiger partial charge in [-0.25, -0.2) is 0 Å². The fourth-order valence-corrected chi connectivity index (χ4v) is 7.65. The first-order valence-electron chi connectivity index (χ1n) is 18.5. The first-order valence-corrected chi connectivity index (χ1v) is 20.0. The fourth-order valence-electron chi connectivity index (χ4n) is 6.93. The quantitative estimate of drug-likeness (QED) is 0.101. The number of fused-ring (bicyclic) bond motifs is 3. The zero-order valence-electron chi connectivity index (χ0n) is 32.2. The Balaban J connectivity index is 1.73. The van der Waals surface area contributed by atoms with Crippen molar-refractivity contribution in [1.82, 2.24) is 15.1 Å². The van der Waals surface area contributed by atoms with Crippen LogP contribution in [0.15, 0.2) is 45.3 Å². The lowest BCUT2D eigenvalue weighted by atomic mass is 9.71. The lowest BCUT2D eigenvalue weighted by molar-refractivity contribution is -0.142. The predicted molar refractivity (Wildman–Crippen MR) is 213 cm³/mol. The molecule has 0 saturated carbocycles. The highest BCUT2D eigenvalue weighted by Crippen LogP contribution is 2.55. The summed E-state index contributed by atoms with van der Waals surface area (Å²) in [6.07, 6.45) is 2.98. The molecule has 2 aromatic carbocycles. The zero-order valence-corrected chi connectivity index (χ0v) is 35.4. The molecular weight excluding hydrogens is 842 g/mol.